The van der Waals surface area contributed by atoms with Crippen molar-refractivity contribution in [2.45, 2.75) is 25.8 Å². The van der Waals surface area contributed by atoms with Crippen molar-refractivity contribution in [3.8, 4) is 0 Å². The average Bonchev–Trinajstić information content (AvgIpc) is 2.65. The van der Waals surface area contributed by atoms with Gasteiger partial charge in [0.25, 0.3) is 0 Å². The van der Waals surface area contributed by atoms with Gasteiger partial charge < -0.3 is 19.7 Å². The van der Waals surface area contributed by atoms with Crippen molar-refractivity contribution in [1.82, 2.24) is 9.03 Å². The van der Waals surface area contributed by atoms with Gasteiger partial charge in [-0.15, -0.1) is 0 Å². The highest BCUT2D eigenvalue weighted by Crippen LogP contribution is 2.27. The lowest BCUT2D eigenvalue weighted by atomic mass is 10.0. The molecule has 2 atom stereocenters. The highest BCUT2D eigenvalue weighted by atomic mass is 32.8. The van der Waals surface area contributed by atoms with E-state index in [-0.39, 0.29) is 18.4 Å². The summed E-state index contributed by atoms with van der Waals surface area (Å²) in [7, 11) is 0.239. The van der Waals surface area contributed by atoms with Gasteiger partial charge in [-0.25, -0.2) is 0 Å². The fourth-order valence-electron chi connectivity index (χ4n) is 2.78. The standard InChI is InChI=1S/C16H24N4O3S3/c1-3-17-11-15(21)18(2)12-6-8-13(9-7-12)19-10-4-5-14(16(19)22)20(24)26(23)25/h6-9,14,17,24H,3-5,10-11H2,1-2H3,(H,23,25). The summed E-state index contributed by atoms with van der Waals surface area (Å²) in [6.45, 7) is 3.56. The molecule has 2 amide bonds. The molecule has 1 aliphatic heterocycles. The van der Waals surface area contributed by atoms with E-state index in [1.807, 2.05) is 31.2 Å². The van der Waals surface area contributed by atoms with Crippen molar-refractivity contribution in [2.75, 3.05) is 36.5 Å². The van der Waals surface area contributed by atoms with E-state index in [0.717, 1.165) is 24.3 Å². The third-order valence-electron chi connectivity index (χ3n) is 4.29. The second-order valence-corrected chi connectivity index (χ2v) is 8.38. The van der Waals surface area contributed by atoms with E-state index in [1.165, 1.54) is 3.71 Å². The van der Waals surface area contributed by atoms with Crippen LogP contribution in [0.3, 0.4) is 0 Å². The molecule has 0 aliphatic carbocycles. The summed E-state index contributed by atoms with van der Waals surface area (Å²) in [6.07, 6.45) is 1.40. The molecule has 1 saturated heterocycles. The number of benzene rings is 1. The summed E-state index contributed by atoms with van der Waals surface area (Å²) in [5.74, 6) is -0.160. The first-order valence-electron chi connectivity index (χ1n) is 8.34. The molecule has 1 heterocycles. The van der Waals surface area contributed by atoms with E-state index in [4.69, 9.17) is 11.2 Å². The molecule has 1 aliphatic rings. The molecular formula is C16H24N4O3S3. The lowest BCUT2D eigenvalue weighted by Crippen LogP contribution is -2.50. The van der Waals surface area contributed by atoms with Crippen molar-refractivity contribution in [3.63, 3.8) is 0 Å². The van der Waals surface area contributed by atoms with E-state index in [9.17, 15) is 14.1 Å². The summed E-state index contributed by atoms with van der Waals surface area (Å²) < 4.78 is 10.8. The normalized spacial score (nSPS) is 18.9. The summed E-state index contributed by atoms with van der Waals surface area (Å²) in [6, 6.07) is 6.74. The topological polar surface area (TPSA) is 76.1 Å². The smallest absolute Gasteiger partial charge is 0.246 e. The molecule has 1 fully saturated rings. The van der Waals surface area contributed by atoms with Crippen LogP contribution in [-0.2, 0) is 30.7 Å². The van der Waals surface area contributed by atoms with Gasteiger partial charge >= 0.3 is 0 Å². The fraction of sp³-hybridized carbons (Fsp3) is 0.500. The van der Waals surface area contributed by atoms with Gasteiger partial charge in [0.2, 0.25) is 11.8 Å². The highest BCUT2D eigenvalue weighted by molar-refractivity contribution is 8.27. The largest absolute Gasteiger partial charge is 0.315 e. The van der Waals surface area contributed by atoms with Crippen LogP contribution in [0, 0.1) is 0 Å². The number of piperidine rings is 1. The van der Waals surface area contributed by atoms with Crippen LogP contribution in [0.2, 0.25) is 0 Å². The Bertz CT molecular complexity index is 671. The summed E-state index contributed by atoms with van der Waals surface area (Å²) in [4.78, 5) is 28.1. The second kappa shape index (κ2) is 9.77. The predicted octanol–water partition coefficient (Wildman–Crippen LogP) is 1.37. The average molecular weight is 417 g/mol. The van der Waals surface area contributed by atoms with Crippen LogP contribution in [0.1, 0.15) is 19.8 Å². The minimum absolute atomic E-state index is 0.0279. The summed E-state index contributed by atoms with van der Waals surface area (Å²) in [5, 5.41) is 3.01. The first-order chi connectivity index (χ1) is 12.4. The number of likely N-dealkylation sites (N-methyl/N-ethyl adjacent to an activating group) is 2. The van der Waals surface area contributed by atoms with Gasteiger partial charge in [-0.3, -0.25) is 9.59 Å². The Morgan fingerprint density at radius 3 is 2.69 bits per heavy atom. The molecule has 144 valence electrons. The fourth-order valence-corrected chi connectivity index (χ4v) is 3.72. The minimum atomic E-state index is -1.48. The Morgan fingerprint density at radius 1 is 1.46 bits per heavy atom. The number of thiol groups is 1. The van der Waals surface area contributed by atoms with Gasteiger partial charge in [-0.2, -0.15) is 3.71 Å². The number of hydrogen-bond acceptors (Lipinski definition) is 5. The number of carbonyl (C=O) groups is 2. The van der Waals surface area contributed by atoms with E-state index in [2.05, 4.69) is 18.1 Å². The molecule has 1 aromatic carbocycles. The van der Waals surface area contributed by atoms with Crippen LogP contribution >= 0.6 is 12.8 Å². The molecule has 0 spiro atoms. The molecule has 0 bridgehead atoms. The lowest BCUT2D eigenvalue weighted by Gasteiger charge is -2.35. The molecule has 7 nitrogen and oxygen atoms in total. The van der Waals surface area contributed by atoms with Crippen molar-refractivity contribution in [3.05, 3.63) is 24.3 Å². The van der Waals surface area contributed by atoms with E-state index >= 15 is 0 Å². The predicted molar refractivity (Wildman–Crippen MR) is 112 cm³/mol. The Balaban J connectivity index is 2.11. The molecule has 0 radical (unpaired) electrons. The first kappa shape index (κ1) is 21.3. The molecule has 0 aromatic heterocycles. The van der Waals surface area contributed by atoms with Crippen LogP contribution in [-0.4, -0.2) is 52.8 Å². The highest BCUT2D eigenvalue weighted by Gasteiger charge is 2.34. The number of carbonyl (C=O) groups excluding carboxylic acids is 2. The van der Waals surface area contributed by atoms with Crippen LogP contribution in [0.15, 0.2) is 24.3 Å². The van der Waals surface area contributed by atoms with E-state index < -0.39 is 16.0 Å². The first-order valence-corrected chi connectivity index (χ1v) is 10.8. The summed E-state index contributed by atoms with van der Waals surface area (Å²) in [5.41, 5.74) is 1.51. The maximum atomic E-state index is 12.7. The quantitative estimate of drug-likeness (QED) is 0.583. The van der Waals surface area contributed by atoms with Crippen molar-refractivity contribution in [1.29, 1.82) is 0 Å². The maximum Gasteiger partial charge on any atom is 0.246 e. The van der Waals surface area contributed by atoms with Crippen LogP contribution in [0.25, 0.3) is 0 Å². The number of anilines is 2. The third-order valence-corrected chi connectivity index (χ3v) is 6.42. The SMILES string of the molecule is CCNCC(=O)N(C)c1ccc(N2CCCC(N(S)S(O)=S)C2=O)cc1. The maximum absolute atomic E-state index is 12.7. The summed E-state index contributed by atoms with van der Waals surface area (Å²) >= 11 is 8.98. The van der Waals surface area contributed by atoms with E-state index in [1.54, 1.807) is 16.8 Å². The molecule has 1 aromatic rings. The number of nitrogens with one attached hydrogen (secondary N) is 1. The van der Waals surface area contributed by atoms with Crippen LogP contribution < -0.4 is 15.1 Å². The zero-order valence-corrected chi connectivity index (χ0v) is 17.3. The molecule has 2 rings (SSSR count). The van der Waals surface area contributed by atoms with Gasteiger partial charge in [0, 0.05) is 25.0 Å². The number of rotatable bonds is 7. The zero-order valence-electron chi connectivity index (χ0n) is 14.8. The number of nitrogens with zero attached hydrogens (tertiary/aromatic N) is 3. The van der Waals surface area contributed by atoms with Crippen LogP contribution in [0.4, 0.5) is 11.4 Å². The van der Waals surface area contributed by atoms with Crippen molar-refractivity contribution in [2.24, 2.45) is 0 Å². The minimum Gasteiger partial charge on any atom is -0.315 e. The van der Waals surface area contributed by atoms with Crippen molar-refractivity contribution < 1.29 is 14.1 Å². The molecule has 0 saturated carbocycles. The van der Waals surface area contributed by atoms with Gasteiger partial charge in [0.05, 0.1) is 16.5 Å². The third kappa shape index (κ3) is 5.02. The Labute approximate surface area is 166 Å². The molecule has 2 unspecified atom stereocenters. The lowest BCUT2D eigenvalue weighted by molar-refractivity contribution is -0.122. The van der Waals surface area contributed by atoms with E-state index in [0.29, 0.717) is 13.0 Å². The van der Waals surface area contributed by atoms with Gasteiger partial charge in [-0.05, 0) is 54.8 Å². The Morgan fingerprint density at radius 2 is 2.12 bits per heavy atom. The molecule has 10 heteroatoms. The Kier molecular flexibility index (Phi) is 7.99. The van der Waals surface area contributed by atoms with Gasteiger partial charge in [-0.1, -0.05) is 19.7 Å². The molecule has 26 heavy (non-hydrogen) atoms. The Hall–Kier alpha value is -1.04. The van der Waals surface area contributed by atoms with Crippen molar-refractivity contribution >= 4 is 57.1 Å². The second-order valence-electron chi connectivity index (χ2n) is 5.93. The van der Waals surface area contributed by atoms with Gasteiger partial charge in [0.1, 0.15) is 6.04 Å². The monoisotopic (exact) mass is 416 g/mol. The van der Waals surface area contributed by atoms with Crippen LogP contribution in [0.5, 0.6) is 0 Å². The number of amides is 2. The zero-order chi connectivity index (χ0) is 19.3. The molecule has 2 N–H and O–H groups in total. The number of hydrogen-bond donors (Lipinski definition) is 3. The molecular weight excluding hydrogens is 392 g/mol. The van der Waals surface area contributed by atoms with Gasteiger partial charge in [0.15, 0.2) is 0 Å².